The maximum Gasteiger partial charge on any atom is 0.133 e. The molecular formula is C25H21NO. The highest BCUT2D eigenvalue weighted by molar-refractivity contribution is 5.52. The normalized spacial score (nSPS) is 15.8. The van der Waals surface area contributed by atoms with E-state index in [1.807, 2.05) is 42.5 Å². The molecule has 0 amide bonds. The lowest BCUT2D eigenvalue weighted by Gasteiger charge is -2.40. The van der Waals surface area contributed by atoms with Gasteiger partial charge in [-0.25, -0.2) is 0 Å². The SMILES string of the molecule is N#CC1=C(Oc2ccccc2)C(c2ccccc2)(c2ccccc2)CCC1. The summed E-state index contributed by atoms with van der Waals surface area (Å²) in [7, 11) is 0. The molecule has 2 heteroatoms. The van der Waals surface area contributed by atoms with Crippen LogP contribution in [-0.4, -0.2) is 0 Å². The van der Waals surface area contributed by atoms with Gasteiger partial charge < -0.3 is 4.74 Å². The molecule has 3 aromatic carbocycles. The van der Waals surface area contributed by atoms with Gasteiger partial charge in [0.05, 0.1) is 17.1 Å². The maximum atomic E-state index is 9.88. The van der Waals surface area contributed by atoms with E-state index in [9.17, 15) is 5.26 Å². The largest absolute Gasteiger partial charge is 0.459 e. The highest BCUT2D eigenvalue weighted by Crippen LogP contribution is 2.48. The summed E-state index contributed by atoms with van der Waals surface area (Å²) in [4.78, 5) is 0. The molecule has 2 nitrogen and oxygen atoms in total. The molecule has 0 fully saturated rings. The molecule has 4 rings (SSSR count). The van der Waals surface area contributed by atoms with Crippen LogP contribution in [0.25, 0.3) is 0 Å². The van der Waals surface area contributed by atoms with E-state index < -0.39 is 5.41 Å². The van der Waals surface area contributed by atoms with Crippen molar-refractivity contribution in [1.82, 2.24) is 0 Å². The third-order valence-corrected chi connectivity index (χ3v) is 5.27. The van der Waals surface area contributed by atoms with Crippen molar-refractivity contribution >= 4 is 0 Å². The Hall–Kier alpha value is -3.31. The lowest BCUT2D eigenvalue weighted by atomic mass is 9.65. The smallest absolute Gasteiger partial charge is 0.133 e. The van der Waals surface area contributed by atoms with Crippen LogP contribution < -0.4 is 4.74 Å². The van der Waals surface area contributed by atoms with Gasteiger partial charge in [0, 0.05) is 0 Å². The summed E-state index contributed by atoms with van der Waals surface area (Å²) in [6.07, 6.45) is 2.61. The second kappa shape index (κ2) is 7.51. The van der Waals surface area contributed by atoms with Crippen molar-refractivity contribution < 1.29 is 4.74 Å². The first kappa shape index (κ1) is 17.1. The van der Waals surface area contributed by atoms with Gasteiger partial charge in [-0.15, -0.1) is 0 Å². The van der Waals surface area contributed by atoms with E-state index >= 15 is 0 Å². The van der Waals surface area contributed by atoms with Crippen LogP contribution in [0.5, 0.6) is 5.75 Å². The standard InChI is InChI=1S/C25H21NO/c26-19-20-11-10-18-25(21-12-4-1-5-13-21,22-14-6-2-7-15-22)24(20)27-23-16-8-3-9-17-23/h1-9,12-17H,10-11,18H2. The zero-order valence-corrected chi connectivity index (χ0v) is 15.1. The molecule has 0 aromatic heterocycles. The third-order valence-electron chi connectivity index (χ3n) is 5.27. The molecule has 0 N–H and O–H groups in total. The molecule has 0 spiro atoms. The van der Waals surface area contributed by atoms with Crippen LogP contribution in [-0.2, 0) is 5.41 Å². The third kappa shape index (κ3) is 3.13. The van der Waals surface area contributed by atoms with Crippen LogP contribution in [0, 0.1) is 11.3 Å². The Kier molecular flexibility index (Phi) is 4.77. The molecule has 0 unspecified atom stereocenters. The number of nitrogens with zero attached hydrogens (tertiary/aromatic N) is 1. The maximum absolute atomic E-state index is 9.88. The van der Waals surface area contributed by atoms with E-state index in [4.69, 9.17) is 4.74 Å². The second-order valence-corrected chi connectivity index (χ2v) is 6.83. The van der Waals surface area contributed by atoms with Gasteiger partial charge >= 0.3 is 0 Å². The van der Waals surface area contributed by atoms with E-state index in [0.717, 1.165) is 47.5 Å². The molecule has 0 saturated heterocycles. The zero-order valence-electron chi connectivity index (χ0n) is 15.1. The minimum absolute atomic E-state index is 0.457. The van der Waals surface area contributed by atoms with Gasteiger partial charge in [-0.2, -0.15) is 5.26 Å². The van der Waals surface area contributed by atoms with Gasteiger partial charge in [0.1, 0.15) is 11.5 Å². The number of allylic oxidation sites excluding steroid dienone is 2. The van der Waals surface area contributed by atoms with Crippen LogP contribution in [0.1, 0.15) is 30.4 Å². The van der Waals surface area contributed by atoms with E-state index in [-0.39, 0.29) is 0 Å². The number of hydrogen-bond acceptors (Lipinski definition) is 2. The van der Waals surface area contributed by atoms with E-state index in [1.54, 1.807) is 0 Å². The summed E-state index contributed by atoms with van der Waals surface area (Å²) >= 11 is 0. The molecule has 3 aromatic rings. The number of nitriles is 1. The fourth-order valence-electron chi connectivity index (χ4n) is 4.04. The van der Waals surface area contributed by atoms with Gasteiger partial charge in [-0.3, -0.25) is 0 Å². The molecule has 0 aliphatic heterocycles. The van der Waals surface area contributed by atoms with E-state index in [0.29, 0.717) is 0 Å². The number of hydrogen-bond donors (Lipinski definition) is 0. The van der Waals surface area contributed by atoms with Gasteiger partial charge in [0.15, 0.2) is 0 Å². The van der Waals surface area contributed by atoms with Crippen LogP contribution in [0.2, 0.25) is 0 Å². The second-order valence-electron chi connectivity index (χ2n) is 6.83. The first-order valence-corrected chi connectivity index (χ1v) is 9.32. The molecule has 132 valence electrons. The Morgan fingerprint density at radius 2 is 1.26 bits per heavy atom. The predicted molar refractivity (Wildman–Crippen MR) is 107 cm³/mol. The Bertz CT molecular complexity index is 930. The van der Waals surface area contributed by atoms with Gasteiger partial charge in [0.2, 0.25) is 0 Å². The molecule has 0 atom stereocenters. The average Bonchev–Trinajstić information content (AvgIpc) is 2.76. The topological polar surface area (TPSA) is 33.0 Å². The quantitative estimate of drug-likeness (QED) is 0.576. The summed E-state index contributed by atoms with van der Waals surface area (Å²) in [5, 5.41) is 9.88. The lowest BCUT2D eigenvalue weighted by molar-refractivity contribution is 0.302. The first-order chi connectivity index (χ1) is 13.3. The molecule has 0 heterocycles. The van der Waals surface area contributed by atoms with Crippen molar-refractivity contribution in [2.24, 2.45) is 0 Å². The molecule has 27 heavy (non-hydrogen) atoms. The molecule has 1 aliphatic rings. The van der Waals surface area contributed by atoms with Gasteiger partial charge in [0.25, 0.3) is 0 Å². The molecule has 0 radical (unpaired) electrons. The van der Waals surface area contributed by atoms with Crippen molar-refractivity contribution in [3.8, 4) is 11.8 Å². The predicted octanol–water partition coefficient (Wildman–Crippen LogP) is 6.01. The first-order valence-electron chi connectivity index (χ1n) is 9.32. The highest BCUT2D eigenvalue weighted by Gasteiger charge is 2.44. The van der Waals surface area contributed by atoms with E-state index in [1.165, 1.54) is 0 Å². The van der Waals surface area contributed by atoms with Crippen molar-refractivity contribution in [2.45, 2.75) is 24.7 Å². The van der Waals surface area contributed by atoms with Gasteiger partial charge in [-0.1, -0.05) is 78.9 Å². The van der Waals surface area contributed by atoms with Crippen LogP contribution >= 0.6 is 0 Å². The fraction of sp³-hybridized carbons (Fsp3) is 0.160. The summed E-state index contributed by atoms with van der Waals surface area (Å²) in [5.74, 6) is 1.53. The molecule has 1 aliphatic carbocycles. The highest BCUT2D eigenvalue weighted by atomic mass is 16.5. The number of ether oxygens (including phenoxy) is 1. The van der Waals surface area contributed by atoms with Crippen molar-refractivity contribution in [2.75, 3.05) is 0 Å². The number of rotatable bonds is 4. The van der Waals surface area contributed by atoms with Crippen LogP contribution in [0.4, 0.5) is 0 Å². The zero-order chi connectivity index (χ0) is 18.5. The van der Waals surface area contributed by atoms with E-state index in [2.05, 4.69) is 54.6 Å². The summed E-state index contributed by atoms with van der Waals surface area (Å²) in [6.45, 7) is 0. The fourth-order valence-corrected chi connectivity index (χ4v) is 4.04. The number of benzene rings is 3. The Balaban J connectivity index is 1.97. The molecule has 0 saturated carbocycles. The summed E-state index contributed by atoms with van der Waals surface area (Å²) in [6, 6.07) is 33.0. The molecular weight excluding hydrogens is 330 g/mol. The van der Waals surface area contributed by atoms with Gasteiger partial charge in [-0.05, 0) is 42.5 Å². The van der Waals surface area contributed by atoms with Crippen LogP contribution in [0.3, 0.4) is 0 Å². The Labute approximate surface area is 160 Å². The monoisotopic (exact) mass is 351 g/mol. The molecule has 0 bridgehead atoms. The van der Waals surface area contributed by atoms with Crippen LogP contribution in [0.15, 0.2) is 102 Å². The average molecular weight is 351 g/mol. The Morgan fingerprint density at radius 3 is 1.78 bits per heavy atom. The lowest BCUT2D eigenvalue weighted by Crippen LogP contribution is -2.36. The Morgan fingerprint density at radius 1 is 0.741 bits per heavy atom. The van der Waals surface area contributed by atoms with Crippen molar-refractivity contribution in [3.63, 3.8) is 0 Å². The van der Waals surface area contributed by atoms with Crippen molar-refractivity contribution in [3.05, 3.63) is 113 Å². The summed E-state index contributed by atoms with van der Waals surface area (Å²) < 4.78 is 6.44. The minimum Gasteiger partial charge on any atom is -0.459 e. The summed E-state index contributed by atoms with van der Waals surface area (Å²) in [5.41, 5.74) is 2.60. The van der Waals surface area contributed by atoms with Crippen molar-refractivity contribution in [1.29, 1.82) is 5.26 Å². The number of para-hydroxylation sites is 1. The minimum atomic E-state index is -0.457.